The van der Waals surface area contributed by atoms with Crippen molar-refractivity contribution in [3.63, 3.8) is 0 Å². The Hall–Kier alpha value is -3.08. The molecule has 5 nitrogen and oxygen atoms in total. The lowest BCUT2D eigenvalue weighted by atomic mass is 9.93. The molecule has 1 N–H and O–H groups in total. The Labute approximate surface area is 152 Å². The van der Waals surface area contributed by atoms with Crippen molar-refractivity contribution in [3.05, 3.63) is 71.4 Å². The number of ether oxygens (including phenoxy) is 1. The summed E-state index contributed by atoms with van der Waals surface area (Å²) in [4.78, 5) is 17.5. The van der Waals surface area contributed by atoms with E-state index in [1.807, 2.05) is 54.6 Å². The number of hydrogen-bond donors (Lipinski definition) is 1. The van der Waals surface area contributed by atoms with Gasteiger partial charge in [-0.25, -0.2) is 9.78 Å². The van der Waals surface area contributed by atoms with Crippen molar-refractivity contribution in [2.45, 2.75) is 25.8 Å². The van der Waals surface area contributed by atoms with E-state index < -0.39 is 0 Å². The summed E-state index contributed by atoms with van der Waals surface area (Å²) in [7, 11) is 1.43. The predicted molar refractivity (Wildman–Crippen MR) is 102 cm³/mol. The molecule has 0 aliphatic carbocycles. The van der Waals surface area contributed by atoms with Crippen molar-refractivity contribution in [2.75, 3.05) is 12.4 Å². The lowest BCUT2D eigenvalue weighted by molar-refractivity contribution is -0.136. The van der Waals surface area contributed by atoms with Crippen LogP contribution in [0.2, 0.25) is 0 Å². The fraction of sp³-hybridized carbons (Fsp3) is 0.238. The van der Waals surface area contributed by atoms with Gasteiger partial charge in [-0.05, 0) is 24.1 Å². The first kappa shape index (κ1) is 16.4. The van der Waals surface area contributed by atoms with Gasteiger partial charge < -0.3 is 10.1 Å². The SMILES string of the molecule is CCCC1=C(C(=O)OC)[C@@H](c2ccccc2)n2c(nc3ccccc32)N1. The van der Waals surface area contributed by atoms with Crippen LogP contribution in [0.25, 0.3) is 11.0 Å². The number of fused-ring (bicyclic) bond motifs is 3. The van der Waals surface area contributed by atoms with Gasteiger partial charge >= 0.3 is 5.97 Å². The first-order chi connectivity index (χ1) is 12.7. The number of anilines is 1. The highest BCUT2D eigenvalue weighted by atomic mass is 16.5. The van der Waals surface area contributed by atoms with Crippen molar-refractivity contribution < 1.29 is 9.53 Å². The summed E-state index contributed by atoms with van der Waals surface area (Å²) in [6, 6.07) is 17.8. The van der Waals surface area contributed by atoms with Gasteiger partial charge in [0.1, 0.15) is 0 Å². The van der Waals surface area contributed by atoms with Crippen LogP contribution < -0.4 is 5.32 Å². The molecule has 132 valence electrons. The van der Waals surface area contributed by atoms with Crippen molar-refractivity contribution in [1.82, 2.24) is 9.55 Å². The van der Waals surface area contributed by atoms with Crippen LogP contribution in [-0.2, 0) is 9.53 Å². The zero-order chi connectivity index (χ0) is 18.1. The number of nitrogens with one attached hydrogen (secondary N) is 1. The number of nitrogens with zero attached hydrogens (tertiary/aromatic N) is 2. The highest BCUT2D eigenvalue weighted by Crippen LogP contribution is 2.40. The van der Waals surface area contributed by atoms with Gasteiger partial charge in [-0.2, -0.15) is 0 Å². The second-order valence-electron chi connectivity index (χ2n) is 6.37. The molecule has 4 rings (SSSR count). The van der Waals surface area contributed by atoms with Crippen LogP contribution in [0.1, 0.15) is 31.4 Å². The molecule has 26 heavy (non-hydrogen) atoms. The number of esters is 1. The molecule has 0 amide bonds. The molecule has 0 bridgehead atoms. The maximum Gasteiger partial charge on any atom is 0.338 e. The van der Waals surface area contributed by atoms with E-state index in [1.165, 1.54) is 7.11 Å². The highest BCUT2D eigenvalue weighted by molar-refractivity contribution is 5.94. The number of hydrogen-bond acceptors (Lipinski definition) is 4. The molecular weight excluding hydrogens is 326 g/mol. The summed E-state index contributed by atoms with van der Waals surface area (Å²) in [5.41, 5.74) is 4.46. The summed E-state index contributed by atoms with van der Waals surface area (Å²) < 4.78 is 7.24. The van der Waals surface area contributed by atoms with Crippen LogP contribution in [0.3, 0.4) is 0 Å². The Morgan fingerprint density at radius 2 is 1.88 bits per heavy atom. The van der Waals surface area contributed by atoms with E-state index in [2.05, 4.69) is 16.8 Å². The average Bonchev–Trinajstić information content (AvgIpc) is 3.05. The topological polar surface area (TPSA) is 56.2 Å². The number of para-hydroxylation sites is 2. The van der Waals surface area contributed by atoms with Crippen LogP contribution in [0.15, 0.2) is 65.9 Å². The van der Waals surface area contributed by atoms with Crippen LogP contribution in [-0.4, -0.2) is 22.6 Å². The summed E-state index contributed by atoms with van der Waals surface area (Å²) in [6.45, 7) is 2.10. The standard InChI is InChI=1S/C21H21N3O2/c1-3-9-16-18(20(25)26-2)19(14-10-5-4-6-11-14)24-17-13-8-7-12-15(17)22-21(24)23-16/h4-8,10-13,19H,3,9H2,1-2H3,(H,22,23)/t19-/m1/s1. The monoisotopic (exact) mass is 347 g/mol. The lowest BCUT2D eigenvalue weighted by Gasteiger charge is -2.31. The van der Waals surface area contributed by atoms with Gasteiger partial charge in [-0.1, -0.05) is 55.8 Å². The molecule has 3 aromatic rings. The van der Waals surface area contributed by atoms with Crippen LogP contribution in [0.4, 0.5) is 5.95 Å². The van der Waals surface area contributed by atoms with Gasteiger partial charge in [0.05, 0.1) is 29.8 Å². The van der Waals surface area contributed by atoms with Crippen molar-refractivity contribution in [2.24, 2.45) is 0 Å². The van der Waals surface area contributed by atoms with E-state index in [-0.39, 0.29) is 12.0 Å². The van der Waals surface area contributed by atoms with Gasteiger partial charge in [-0.15, -0.1) is 0 Å². The maximum absolute atomic E-state index is 12.7. The summed E-state index contributed by atoms with van der Waals surface area (Å²) in [5, 5.41) is 3.38. The van der Waals surface area contributed by atoms with Gasteiger partial charge in [0, 0.05) is 5.70 Å². The van der Waals surface area contributed by atoms with Gasteiger partial charge in [-0.3, -0.25) is 4.57 Å². The quantitative estimate of drug-likeness (QED) is 0.716. The molecule has 5 heteroatoms. The van der Waals surface area contributed by atoms with Crippen molar-refractivity contribution >= 4 is 23.0 Å². The Balaban J connectivity index is 2.02. The number of aromatic nitrogens is 2. The number of carbonyl (C=O) groups is 1. The van der Waals surface area contributed by atoms with E-state index in [4.69, 9.17) is 9.72 Å². The second kappa shape index (κ2) is 6.67. The summed E-state index contributed by atoms with van der Waals surface area (Å²) in [5.74, 6) is 0.453. The molecule has 1 aliphatic rings. The first-order valence-corrected chi connectivity index (χ1v) is 8.85. The minimum absolute atomic E-state index is 0.270. The third-order valence-corrected chi connectivity index (χ3v) is 4.74. The Kier molecular flexibility index (Phi) is 4.21. The minimum atomic E-state index is -0.307. The molecule has 2 aromatic carbocycles. The zero-order valence-electron chi connectivity index (χ0n) is 14.9. The Morgan fingerprint density at radius 1 is 1.15 bits per heavy atom. The van der Waals surface area contributed by atoms with Gasteiger partial charge in [0.15, 0.2) is 0 Å². The predicted octanol–water partition coefficient (Wildman–Crippen LogP) is 4.28. The van der Waals surface area contributed by atoms with E-state index in [9.17, 15) is 4.79 Å². The first-order valence-electron chi connectivity index (χ1n) is 8.85. The third kappa shape index (κ3) is 2.56. The summed E-state index contributed by atoms with van der Waals surface area (Å²) >= 11 is 0. The molecule has 0 fully saturated rings. The molecule has 0 radical (unpaired) electrons. The second-order valence-corrected chi connectivity index (χ2v) is 6.37. The number of benzene rings is 2. The molecule has 0 saturated carbocycles. The molecule has 0 saturated heterocycles. The minimum Gasteiger partial charge on any atom is -0.466 e. The molecule has 0 spiro atoms. The van der Waals surface area contributed by atoms with Crippen molar-refractivity contribution in [3.8, 4) is 0 Å². The number of carbonyl (C=O) groups excluding carboxylic acids is 1. The number of allylic oxidation sites excluding steroid dienone is 1. The third-order valence-electron chi connectivity index (χ3n) is 4.74. The maximum atomic E-state index is 12.7. The average molecular weight is 347 g/mol. The fourth-order valence-corrected chi connectivity index (χ4v) is 3.63. The molecule has 1 aromatic heterocycles. The smallest absolute Gasteiger partial charge is 0.338 e. The van der Waals surface area contributed by atoms with Crippen LogP contribution >= 0.6 is 0 Å². The highest BCUT2D eigenvalue weighted by Gasteiger charge is 2.35. The molecule has 2 heterocycles. The van der Waals surface area contributed by atoms with Crippen LogP contribution in [0, 0.1) is 0 Å². The Bertz CT molecular complexity index is 989. The largest absolute Gasteiger partial charge is 0.466 e. The van der Waals surface area contributed by atoms with Crippen LogP contribution in [0.5, 0.6) is 0 Å². The molecule has 1 aliphatic heterocycles. The van der Waals surface area contributed by atoms with E-state index >= 15 is 0 Å². The number of methoxy groups -OCH3 is 1. The molecule has 0 unspecified atom stereocenters. The summed E-state index contributed by atoms with van der Waals surface area (Å²) in [6.07, 6.45) is 1.68. The lowest BCUT2D eigenvalue weighted by Crippen LogP contribution is -2.29. The zero-order valence-corrected chi connectivity index (χ0v) is 14.9. The van der Waals surface area contributed by atoms with E-state index in [1.54, 1.807) is 0 Å². The van der Waals surface area contributed by atoms with Gasteiger partial charge in [0.2, 0.25) is 5.95 Å². The van der Waals surface area contributed by atoms with E-state index in [0.717, 1.165) is 41.1 Å². The van der Waals surface area contributed by atoms with Gasteiger partial charge in [0.25, 0.3) is 0 Å². The fourth-order valence-electron chi connectivity index (χ4n) is 3.63. The molecular formula is C21H21N3O2. The molecule has 1 atom stereocenters. The Morgan fingerprint density at radius 3 is 2.62 bits per heavy atom. The normalized spacial score (nSPS) is 16.3. The van der Waals surface area contributed by atoms with Crippen molar-refractivity contribution in [1.29, 1.82) is 0 Å². The number of imidazole rings is 1. The number of rotatable bonds is 4. The van der Waals surface area contributed by atoms with E-state index in [0.29, 0.717) is 5.57 Å².